The predicted octanol–water partition coefficient (Wildman–Crippen LogP) is 2.80. The normalized spacial score (nSPS) is 16.7. The molecular weight excluding hydrogens is 260 g/mol. The van der Waals surface area contributed by atoms with Gasteiger partial charge in [0.2, 0.25) is 0 Å². The van der Waals surface area contributed by atoms with Crippen molar-refractivity contribution in [1.29, 1.82) is 0 Å². The largest absolute Gasteiger partial charge is 0.354 e. The molecule has 1 aliphatic heterocycles. The van der Waals surface area contributed by atoms with E-state index in [2.05, 4.69) is 57.1 Å². The van der Waals surface area contributed by atoms with Crippen molar-refractivity contribution in [3.05, 3.63) is 60.7 Å². The monoisotopic (exact) mass is 276 g/mol. The van der Waals surface area contributed by atoms with Gasteiger partial charge in [-0.1, -0.05) is 37.3 Å². The molecule has 0 radical (unpaired) electrons. The molecule has 0 atom stereocenters. The zero-order chi connectivity index (χ0) is 14.3. The van der Waals surface area contributed by atoms with Crippen LogP contribution >= 0.6 is 0 Å². The van der Waals surface area contributed by atoms with E-state index in [0.717, 1.165) is 29.8 Å². The van der Waals surface area contributed by atoms with Crippen LogP contribution in [-0.4, -0.2) is 28.0 Å². The Labute approximate surface area is 123 Å². The van der Waals surface area contributed by atoms with Gasteiger partial charge in [0.1, 0.15) is 12.1 Å². The van der Waals surface area contributed by atoms with Gasteiger partial charge in [-0.2, -0.15) is 0 Å². The molecule has 0 saturated carbocycles. The molecule has 3 heterocycles. The van der Waals surface area contributed by atoms with E-state index in [1.807, 2.05) is 6.07 Å². The molecule has 3 aromatic rings. The minimum absolute atomic E-state index is 0.200. The van der Waals surface area contributed by atoms with Gasteiger partial charge < -0.3 is 4.90 Å². The van der Waals surface area contributed by atoms with Gasteiger partial charge in [-0.3, -0.25) is 4.98 Å². The van der Waals surface area contributed by atoms with Crippen LogP contribution in [-0.2, 0) is 5.41 Å². The lowest BCUT2D eigenvalue weighted by Gasteiger charge is -2.49. The summed E-state index contributed by atoms with van der Waals surface area (Å²) in [4.78, 5) is 15.2. The van der Waals surface area contributed by atoms with Crippen LogP contribution in [0, 0.1) is 0 Å². The number of benzene rings is 1. The van der Waals surface area contributed by atoms with Gasteiger partial charge >= 0.3 is 0 Å². The van der Waals surface area contributed by atoms with E-state index < -0.39 is 0 Å². The van der Waals surface area contributed by atoms with Crippen molar-refractivity contribution in [3.63, 3.8) is 0 Å². The van der Waals surface area contributed by atoms with Crippen molar-refractivity contribution in [2.75, 3.05) is 18.0 Å². The summed E-state index contributed by atoms with van der Waals surface area (Å²) in [6, 6.07) is 12.7. The van der Waals surface area contributed by atoms with Crippen molar-refractivity contribution >= 4 is 16.7 Å². The number of rotatable bonds is 2. The topological polar surface area (TPSA) is 41.9 Å². The quantitative estimate of drug-likeness (QED) is 0.722. The standard InChI is InChI=1S/C17H16N4/c1-17(13-5-3-2-4-6-13)10-21(11-17)16-14-7-8-18-9-15(14)19-12-20-16/h2-9,12H,10-11H2,1H3. The van der Waals surface area contributed by atoms with E-state index >= 15 is 0 Å². The highest BCUT2D eigenvalue weighted by Gasteiger charge is 2.41. The van der Waals surface area contributed by atoms with Gasteiger partial charge in [-0.05, 0) is 11.6 Å². The number of hydrogen-bond donors (Lipinski definition) is 0. The Bertz CT molecular complexity index is 774. The van der Waals surface area contributed by atoms with E-state index in [9.17, 15) is 0 Å². The SMILES string of the molecule is CC1(c2ccccc2)CN(c2ncnc3cnccc23)C1. The fourth-order valence-electron chi connectivity index (χ4n) is 3.11. The minimum Gasteiger partial charge on any atom is -0.354 e. The molecular formula is C17H16N4. The maximum absolute atomic E-state index is 4.48. The molecule has 1 aromatic carbocycles. The zero-order valence-corrected chi connectivity index (χ0v) is 11.9. The van der Waals surface area contributed by atoms with Crippen LogP contribution in [0.5, 0.6) is 0 Å². The summed E-state index contributed by atoms with van der Waals surface area (Å²) >= 11 is 0. The lowest BCUT2D eigenvalue weighted by Crippen LogP contribution is -2.58. The molecule has 1 fully saturated rings. The molecule has 0 N–H and O–H groups in total. The highest BCUT2D eigenvalue weighted by molar-refractivity contribution is 5.89. The van der Waals surface area contributed by atoms with E-state index in [1.54, 1.807) is 18.7 Å². The van der Waals surface area contributed by atoms with Crippen LogP contribution in [0.25, 0.3) is 10.9 Å². The molecule has 0 unspecified atom stereocenters. The lowest BCUT2D eigenvalue weighted by molar-refractivity contribution is 0.362. The van der Waals surface area contributed by atoms with Gasteiger partial charge in [-0.25, -0.2) is 9.97 Å². The summed E-state index contributed by atoms with van der Waals surface area (Å²) in [6.07, 6.45) is 5.21. The highest BCUT2D eigenvalue weighted by atomic mass is 15.3. The number of fused-ring (bicyclic) bond motifs is 1. The van der Waals surface area contributed by atoms with Crippen LogP contribution < -0.4 is 4.90 Å². The Kier molecular flexibility index (Phi) is 2.64. The van der Waals surface area contributed by atoms with Crippen LogP contribution in [0.3, 0.4) is 0 Å². The second-order valence-corrected chi connectivity index (χ2v) is 5.87. The molecule has 2 aromatic heterocycles. The summed E-state index contributed by atoms with van der Waals surface area (Å²) < 4.78 is 0. The lowest BCUT2D eigenvalue weighted by atomic mass is 9.75. The third-order valence-corrected chi connectivity index (χ3v) is 4.27. The molecule has 4 rings (SSSR count). The van der Waals surface area contributed by atoms with Crippen molar-refractivity contribution < 1.29 is 0 Å². The number of pyridine rings is 1. The van der Waals surface area contributed by atoms with Crippen LogP contribution in [0.1, 0.15) is 12.5 Å². The maximum atomic E-state index is 4.48. The number of anilines is 1. The maximum Gasteiger partial charge on any atom is 0.140 e. The third-order valence-electron chi connectivity index (χ3n) is 4.27. The van der Waals surface area contributed by atoms with Crippen molar-refractivity contribution in [2.45, 2.75) is 12.3 Å². The Morgan fingerprint density at radius 3 is 2.67 bits per heavy atom. The Morgan fingerprint density at radius 2 is 1.86 bits per heavy atom. The predicted molar refractivity (Wildman–Crippen MR) is 83.3 cm³/mol. The fourth-order valence-corrected chi connectivity index (χ4v) is 3.11. The first-order valence-electron chi connectivity index (χ1n) is 7.11. The summed E-state index contributed by atoms with van der Waals surface area (Å²) in [5.41, 5.74) is 2.49. The Balaban J connectivity index is 1.65. The number of hydrogen-bond acceptors (Lipinski definition) is 4. The summed E-state index contributed by atoms with van der Waals surface area (Å²) in [5.74, 6) is 1.01. The summed E-state index contributed by atoms with van der Waals surface area (Å²) in [6.45, 7) is 4.26. The molecule has 104 valence electrons. The van der Waals surface area contributed by atoms with Crippen molar-refractivity contribution in [2.24, 2.45) is 0 Å². The number of aromatic nitrogens is 3. The van der Waals surface area contributed by atoms with Crippen LogP contribution in [0.4, 0.5) is 5.82 Å². The molecule has 21 heavy (non-hydrogen) atoms. The second kappa shape index (κ2) is 4.52. The Morgan fingerprint density at radius 1 is 1.05 bits per heavy atom. The molecule has 4 nitrogen and oxygen atoms in total. The zero-order valence-electron chi connectivity index (χ0n) is 11.9. The average Bonchev–Trinajstić information content (AvgIpc) is 2.52. The van der Waals surface area contributed by atoms with Gasteiger partial charge in [0.25, 0.3) is 0 Å². The van der Waals surface area contributed by atoms with Gasteiger partial charge in [0.15, 0.2) is 0 Å². The Hall–Kier alpha value is -2.49. The van der Waals surface area contributed by atoms with Crippen molar-refractivity contribution in [1.82, 2.24) is 15.0 Å². The van der Waals surface area contributed by atoms with E-state index in [4.69, 9.17) is 0 Å². The molecule has 0 aliphatic carbocycles. The van der Waals surface area contributed by atoms with Crippen LogP contribution in [0.2, 0.25) is 0 Å². The smallest absolute Gasteiger partial charge is 0.140 e. The fraction of sp³-hybridized carbons (Fsp3) is 0.235. The summed E-state index contributed by atoms with van der Waals surface area (Å²) in [5, 5.41) is 1.07. The average molecular weight is 276 g/mol. The molecule has 0 bridgehead atoms. The highest BCUT2D eigenvalue weighted by Crippen LogP contribution is 2.38. The van der Waals surface area contributed by atoms with E-state index in [-0.39, 0.29) is 5.41 Å². The number of nitrogens with zero attached hydrogens (tertiary/aromatic N) is 4. The first-order valence-corrected chi connectivity index (χ1v) is 7.11. The molecule has 0 amide bonds. The van der Waals surface area contributed by atoms with Gasteiger partial charge in [-0.15, -0.1) is 0 Å². The molecule has 0 spiro atoms. The van der Waals surface area contributed by atoms with Crippen molar-refractivity contribution in [3.8, 4) is 0 Å². The van der Waals surface area contributed by atoms with E-state index in [1.165, 1.54) is 5.56 Å². The van der Waals surface area contributed by atoms with Crippen LogP contribution in [0.15, 0.2) is 55.1 Å². The molecule has 1 saturated heterocycles. The van der Waals surface area contributed by atoms with Gasteiger partial charge in [0.05, 0.1) is 11.7 Å². The first-order chi connectivity index (χ1) is 10.3. The minimum atomic E-state index is 0.200. The molecule has 4 heteroatoms. The van der Waals surface area contributed by atoms with Gasteiger partial charge in [0, 0.05) is 30.1 Å². The molecule has 1 aliphatic rings. The summed E-state index contributed by atoms with van der Waals surface area (Å²) in [7, 11) is 0. The first kappa shape index (κ1) is 12.3. The third kappa shape index (κ3) is 1.95. The van der Waals surface area contributed by atoms with E-state index in [0.29, 0.717) is 0 Å². The second-order valence-electron chi connectivity index (χ2n) is 5.87.